The van der Waals surface area contributed by atoms with Crippen LogP contribution < -0.4 is 4.90 Å². The van der Waals surface area contributed by atoms with Gasteiger partial charge in [0, 0.05) is 24.5 Å². The average molecular weight is 361 g/mol. The molecule has 1 aliphatic heterocycles. The first kappa shape index (κ1) is 19.4. The van der Waals surface area contributed by atoms with Gasteiger partial charge in [-0.3, -0.25) is 4.99 Å². The van der Waals surface area contributed by atoms with Crippen LogP contribution in [0.25, 0.3) is 5.57 Å². The molecule has 2 heteroatoms. The summed E-state index contributed by atoms with van der Waals surface area (Å²) in [5.41, 5.74) is 8.83. The number of aliphatic imine (C=N–C) groups is 1. The maximum atomic E-state index is 4.72. The number of benzene rings is 2. The third kappa shape index (κ3) is 4.16. The smallest absolute Gasteiger partial charge is 0.0630 e. The van der Waals surface area contributed by atoms with E-state index in [1.807, 2.05) is 6.21 Å². The standard InChI is InChI=1S/C25H32N2/c1-7-8-9-20-10-12-22(13-11-20)26-17-21-15-23-19(3)16-25(4,5)27(6)24(23)14-18(21)2/h10-17H,7-9H2,1-6H3. The van der Waals surface area contributed by atoms with Crippen LogP contribution in [0.5, 0.6) is 0 Å². The van der Waals surface area contributed by atoms with E-state index in [0.29, 0.717) is 0 Å². The fraction of sp³-hybridized carbons (Fsp3) is 0.400. The van der Waals surface area contributed by atoms with Crippen LogP contribution >= 0.6 is 0 Å². The van der Waals surface area contributed by atoms with E-state index in [0.717, 1.165) is 12.1 Å². The number of nitrogens with zero attached hydrogens (tertiary/aromatic N) is 2. The van der Waals surface area contributed by atoms with Gasteiger partial charge in [0.05, 0.1) is 11.2 Å². The molecule has 2 aromatic carbocycles. The van der Waals surface area contributed by atoms with Crippen molar-refractivity contribution in [2.45, 2.75) is 59.4 Å². The maximum Gasteiger partial charge on any atom is 0.0630 e. The average Bonchev–Trinajstić information content (AvgIpc) is 2.64. The van der Waals surface area contributed by atoms with E-state index < -0.39 is 0 Å². The van der Waals surface area contributed by atoms with E-state index in [2.05, 4.69) is 89.0 Å². The third-order valence-electron chi connectivity index (χ3n) is 5.71. The molecule has 3 rings (SSSR count). The number of hydrogen-bond donors (Lipinski definition) is 0. The van der Waals surface area contributed by atoms with E-state index in [1.165, 1.54) is 46.4 Å². The Labute approximate surface area is 164 Å². The van der Waals surface area contributed by atoms with Gasteiger partial charge in [-0.25, -0.2) is 0 Å². The molecule has 0 bridgehead atoms. The minimum Gasteiger partial charge on any atom is -0.365 e. The molecule has 0 spiro atoms. The molecule has 2 aromatic rings. The van der Waals surface area contributed by atoms with Crippen LogP contribution in [0, 0.1) is 6.92 Å². The largest absolute Gasteiger partial charge is 0.365 e. The van der Waals surface area contributed by atoms with Crippen LogP contribution in [0.15, 0.2) is 47.5 Å². The number of rotatable bonds is 5. The predicted octanol–water partition coefficient (Wildman–Crippen LogP) is 6.72. The minimum absolute atomic E-state index is 0.0403. The number of fused-ring (bicyclic) bond motifs is 1. The summed E-state index contributed by atoms with van der Waals surface area (Å²) < 4.78 is 0. The molecule has 0 saturated heterocycles. The van der Waals surface area contributed by atoms with Gasteiger partial charge < -0.3 is 4.90 Å². The van der Waals surface area contributed by atoms with Crippen LogP contribution in [-0.2, 0) is 6.42 Å². The fourth-order valence-electron chi connectivity index (χ4n) is 3.73. The molecule has 0 aliphatic carbocycles. The summed E-state index contributed by atoms with van der Waals surface area (Å²) in [4.78, 5) is 7.08. The lowest BCUT2D eigenvalue weighted by Gasteiger charge is -2.41. The van der Waals surface area contributed by atoms with Gasteiger partial charge in [0.15, 0.2) is 0 Å². The molecule has 0 saturated carbocycles. The number of anilines is 1. The molecule has 0 unspecified atom stereocenters. The van der Waals surface area contributed by atoms with Crippen molar-refractivity contribution in [3.8, 4) is 0 Å². The quantitative estimate of drug-likeness (QED) is 0.540. The van der Waals surface area contributed by atoms with Crippen molar-refractivity contribution in [1.29, 1.82) is 0 Å². The fourth-order valence-corrected chi connectivity index (χ4v) is 3.73. The highest BCUT2D eigenvalue weighted by molar-refractivity contribution is 5.90. The van der Waals surface area contributed by atoms with Crippen molar-refractivity contribution in [2.24, 2.45) is 4.99 Å². The lowest BCUT2D eigenvalue weighted by Crippen LogP contribution is -2.42. The molecule has 1 aliphatic rings. The highest BCUT2D eigenvalue weighted by Gasteiger charge is 2.28. The summed E-state index contributed by atoms with van der Waals surface area (Å²) in [6, 6.07) is 13.2. The van der Waals surface area contributed by atoms with Crippen molar-refractivity contribution in [2.75, 3.05) is 11.9 Å². The Morgan fingerprint density at radius 1 is 1.07 bits per heavy atom. The monoisotopic (exact) mass is 360 g/mol. The topological polar surface area (TPSA) is 15.6 Å². The second-order valence-corrected chi connectivity index (χ2v) is 8.29. The number of aryl methyl sites for hydroxylation is 2. The van der Waals surface area contributed by atoms with Crippen LogP contribution in [0.4, 0.5) is 11.4 Å². The summed E-state index contributed by atoms with van der Waals surface area (Å²) in [7, 11) is 2.18. The summed E-state index contributed by atoms with van der Waals surface area (Å²) >= 11 is 0. The van der Waals surface area contributed by atoms with E-state index >= 15 is 0 Å². The Bertz CT molecular complexity index is 870. The molecular formula is C25H32N2. The van der Waals surface area contributed by atoms with Crippen LogP contribution in [-0.4, -0.2) is 18.8 Å². The van der Waals surface area contributed by atoms with Gasteiger partial charge in [-0.2, -0.15) is 0 Å². The second-order valence-electron chi connectivity index (χ2n) is 8.29. The van der Waals surface area contributed by atoms with E-state index in [-0.39, 0.29) is 5.54 Å². The molecule has 1 heterocycles. The van der Waals surface area contributed by atoms with Crippen molar-refractivity contribution < 1.29 is 0 Å². The van der Waals surface area contributed by atoms with Crippen molar-refractivity contribution in [3.05, 3.63) is 64.7 Å². The first-order chi connectivity index (χ1) is 12.8. The van der Waals surface area contributed by atoms with Gasteiger partial charge >= 0.3 is 0 Å². The summed E-state index contributed by atoms with van der Waals surface area (Å²) in [6.45, 7) is 11.1. The zero-order valence-corrected chi connectivity index (χ0v) is 17.6. The Morgan fingerprint density at radius 3 is 2.44 bits per heavy atom. The maximum absolute atomic E-state index is 4.72. The summed E-state index contributed by atoms with van der Waals surface area (Å²) in [5, 5.41) is 0. The number of hydrogen-bond acceptors (Lipinski definition) is 2. The Balaban J connectivity index is 1.86. The summed E-state index contributed by atoms with van der Waals surface area (Å²) in [5.74, 6) is 0. The molecule has 27 heavy (non-hydrogen) atoms. The van der Waals surface area contributed by atoms with Gasteiger partial charge in [0.1, 0.15) is 0 Å². The van der Waals surface area contributed by atoms with Crippen molar-refractivity contribution in [1.82, 2.24) is 0 Å². The number of allylic oxidation sites excluding steroid dienone is 1. The van der Waals surface area contributed by atoms with Gasteiger partial charge in [0.2, 0.25) is 0 Å². The lowest BCUT2D eigenvalue weighted by molar-refractivity contribution is 0.597. The Kier molecular flexibility index (Phi) is 5.55. The number of unbranched alkanes of at least 4 members (excludes halogenated alkanes) is 1. The lowest BCUT2D eigenvalue weighted by atomic mass is 9.87. The third-order valence-corrected chi connectivity index (χ3v) is 5.71. The van der Waals surface area contributed by atoms with Crippen LogP contribution in [0.2, 0.25) is 0 Å². The normalized spacial score (nSPS) is 15.8. The molecule has 2 nitrogen and oxygen atoms in total. The minimum atomic E-state index is 0.0403. The Morgan fingerprint density at radius 2 is 1.78 bits per heavy atom. The molecule has 0 N–H and O–H groups in total. The first-order valence-corrected chi connectivity index (χ1v) is 10.0. The molecule has 0 atom stereocenters. The van der Waals surface area contributed by atoms with Crippen LogP contribution in [0.3, 0.4) is 0 Å². The molecule has 142 valence electrons. The molecule has 0 aromatic heterocycles. The highest BCUT2D eigenvalue weighted by Crippen LogP contribution is 2.39. The molecule has 0 amide bonds. The second kappa shape index (κ2) is 7.72. The SMILES string of the molecule is CCCCc1ccc(N=Cc2cc3c(cc2C)N(C)C(C)(C)C=C3C)cc1. The van der Waals surface area contributed by atoms with Gasteiger partial charge in [-0.1, -0.05) is 31.6 Å². The van der Waals surface area contributed by atoms with Gasteiger partial charge in [0.25, 0.3) is 0 Å². The summed E-state index contributed by atoms with van der Waals surface area (Å²) in [6.07, 6.45) is 7.98. The van der Waals surface area contributed by atoms with Gasteiger partial charge in [-0.05, 0) is 87.1 Å². The molecular weight excluding hydrogens is 328 g/mol. The first-order valence-electron chi connectivity index (χ1n) is 10.0. The van der Waals surface area contributed by atoms with Crippen molar-refractivity contribution in [3.63, 3.8) is 0 Å². The van der Waals surface area contributed by atoms with E-state index in [1.54, 1.807) is 0 Å². The van der Waals surface area contributed by atoms with Crippen LogP contribution in [0.1, 0.15) is 62.8 Å². The zero-order chi connectivity index (χ0) is 19.6. The predicted molar refractivity (Wildman–Crippen MR) is 120 cm³/mol. The van der Waals surface area contributed by atoms with E-state index in [4.69, 9.17) is 4.99 Å². The van der Waals surface area contributed by atoms with Crippen molar-refractivity contribution >= 4 is 23.2 Å². The number of likely N-dealkylation sites (N-methyl/N-ethyl adjacent to an activating group) is 1. The zero-order valence-electron chi connectivity index (χ0n) is 17.6. The Hall–Kier alpha value is -2.35. The van der Waals surface area contributed by atoms with E-state index in [9.17, 15) is 0 Å². The van der Waals surface area contributed by atoms with Gasteiger partial charge in [-0.15, -0.1) is 0 Å². The molecule has 0 radical (unpaired) electrons. The highest BCUT2D eigenvalue weighted by atomic mass is 15.2. The molecule has 0 fully saturated rings.